The monoisotopic (exact) mass is 762 g/mol. The highest BCUT2D eigenvalue weighted by Gasteiger charge is 2.37. The molecule has 11 rings (SSSR count). The van der Waals surface area contributed by atoms with Crippen LogP contribution in [-0.4, -0.2) is 4.57 Å². The van der Waals surface area contributed by atoms with Gasteiger partial charge in [-0.3, -0.25) is 0 Å². The van der Waals surface area contributed by atoms with Gasteiger partial charge < -0.3 is 13.9 Å². The van der Waals surface area contributed by atoms with Crippen LogP contribution >= 0.6 is 0 Å². The Kier molecular flexibility index (Phi) is 8.00. The SMILES string of the molecule is CC1(C)CCC(C)(C)c2cc(-n3c4ccccc4c4ccc(N(c5ccc(-c6ccccc6)cc5)c5ccc(-c6cccc7c6oc6ccccc67)cc5)cc43)ccc21. The van der Waals surface area contributed by atoms with Crippen molar-refractivity contribution in [1.29, 1.82) is 0 Å². The topological polar surface area (TPSA) is 21.3 Å². The van der Waals surface area contributed by atoms with Gasteiger partial charge >= 0.3 is 0 Å². The van der Waals surface area contributed by atoms with Gasteiger partial charge in [0, 0.05) is 49.9 Å². The molecule has 0 N–H and O–H groups in total. The Morgan fingerprint density at radius 1 is 0.441 bits per heavy atom. The smallest absolute Gasteiger partial charge is 0.143 e. The predicted molar refractivity (Wildman–Crippen MR) is 249 cm³/mol. The van der Waals surface area contributed by atoms with Crippen LogP contribution < -0.4 is 4.90 Å². The van der Waals surface area contributed by atoms with Crippen LogP contribution in [0.3, 0.4) is 0 Å². The summed E-state index contributed by atoms with van der Waals surface area (Å²) in [5.41, 5.74) is 16.5. The molecule has 0 atom stereocenters. The lowest BCUT2D eigenvalue weighted by Crippen LogP contribution is -2.33. The van der Waals surface area contributed by atoms with Crippen LogP contribution in [0.4, 0.5) is 17.1 Å². The average Bonchev–Trinajstić information content (AvgIpc) is 3.82. The average molecular weight is 763 g/mol. The number of aromatic nitrogens is 1. The zero-order valence-corrected chi connectivity index (χ0v) is 34.0. The molecule has 0 spiro atoms. The highest BCUT2D eigenvalue weighted by atomic mass is 16.3. The van der Waals surface area contributed by atoms with E-state index in [1.807, 2.05) is 12.1 Å². The molecule has 3 heteroatoms. The standard InChI is InChI=1S/C56H46N2O/c1-55(2)33-34-56(3,4)50-35-42(30-32-49(50)55)58-51-19-10-8-15-45(51)46-31-29-43(36-52(46)58)57(40-25-21-38(22-26-40)37-13-6-5-7-14-37)41-27-23-39(24-28-41)44-17-12-18-48-47-16-9-11-20-53(47)59-54(44)48/h5-32,35-36H,33-34H2,1-4H3. The Hall–Kier alpha value is -6.84. The zero-order chi connectivity index (χ0) is 39.9. The van der Waals surface area contributed by atoms with Gasteiger partial charge in [0.15, 0.2) is 0 Å². The zero-order valence-electron chi connectivity index (χ0n) is 34.0. The molecule has 10 aromatic rings. The molecule has 0 saturated carbocycles. The summed E-state index contributed by atoms with van der Waals surface area (Å²) in [5.74, 6) is 0. The minimum atomic E-state index is 0.107. The summed E-state index contributed by atoms with van der Waals surface area (Å²) in [6.07, 6.45) is 2.38. The quantitative estimate of drug-likeness (QED) is 0.168. The van der Waals surface area contributed by atoms with Crippen LogP contribution in [0, 0.1) is 0 Å². The number of anilines is 3. The second kappa shape index (κ2) is 13.4. The molecular formula is C56H46N2O. The number of hydrogen-bond acceptors (Lipinski definition) is 2. The summed E-state index contributed by atoms with van der Waals surface area (Å²) < 4.78 is 8.94. The van der Waals surface area contributed by atoms with E-state index < -0.39 is 0 Å². The van der Waals surface area contributed by atoms with Crippen molar-refractivity contribution in [3.05, 3.63) is 193 Å². The maximum atomic E-state index is 6.45. The van der Waals surface area contributed by atoms with E-state index in [2.05, 4.69) is 207 Å². The minimum Gasteiger partial charge on any atom is -0.455 e. The van der Waals surface area contributed by atoms with Crippen molar-refractivity contribution in [2.45, 2.75) is 51.4 Å². The molecule has 0 saturated heterocycles. The lowest BCUT2D eigenvalue weighted by molar-refractivity contribution is 0.332. The first-order valence-electron chi connectivity index (χ1n) is 20.9. The van der Waals surface area contributed by atoms with Gasteiger partial charge in [-0.2, -0.15) is 0 Å². The number of hydrogen-bond donors (Lipinski definition) is 0. The molecule has 0 bridgehead atoms. The first-order valence-corrected chi connectivity index (χ1v) is 20.9. The predicted octanol–water partition coefficient (Wildman–Crippen LogP) is 15.8. The molecule has 2 aromatic heterocycles. The molecule has 3 nitrogen and oxygen atoms in total. The normalized spacial score (nSPS) is 14.6. The summed E-state index contributed by atoms with van der Waals surface area (Å²) in [5, 5.41) is 4.78. The Labute approximate surface area is 345 Å². The van der Waals surface area contributed by atoms with Crippen molar-refractivity contribution in [2.24, 2.45) is 0 Å². The van der Waals surface area contributed by atoms with Crippen molar-refractivity contribution in [2.75, 3.05) is 4.90 Å². The van der Waals surface area contributed by atoms with E-state index in [0.29, 0.717) is 0 Å². The Bertz CT molecular complexity index is 3200. The minimum absolute atomic E-state index is 0.107. The highest BCUT2D eigenvalue weighted by molar-refractivity contribution is 6.11. The fraction of sp³-hybridized carbons (Fsp3) is 0.143. The molecule has 8 aromatic carbocycles. The van der Waals surface area contributed by atoms with E-state index in [0.717, 1.165) is 50.1 Å². The van der Waals surface area contributed by atoms with Gasteiger partial charge in [-0.25, -0.2) is 0 Å². The molecule has 2 heterocycles. The van der Waals surface area contributed by atoms with Crippen molar-refractivity contribution >= 4 is 60.8 Å². The molecule has 1 aliphatic rings. The van der Waals surface area contributed by atoms with Gasteiger partial charge in [0.05, 0.1) is 11.0 Å². The maximum absolute atomic E-state index is 6.45. The Morgan fingerprint density at radius 3 is 1.80 bits per heavy atom. The summed E-state index contributed by atoms with van der Waals surface area (Å²) in [6.45, 7) is 9.64. The molecule has 0 radical (unpaired) electrons. The highest BCUT2D eigenvalue weighted by Crippen LogP contribution is 2.48. The fourth-order valence-corrected chi connectivity index (χ4v) is 9.74. The van der Waals surface area contributed by atoms with Crippen molar-refractivity contribution in [3.63, 3.8) is 0 Å². The largest absolute Gasteiger partial charge is 0.455 e. The van der Waals surface area contributed by atoms with Crippen LogP contribution in [-0.2, 0) is 10.8 Å². The van der Waals surface area contributed by atoms with Crippen molar-refractivity contribution in [3.8, 4) is 27.9 Å². The third kappa shape index (κ3) is 5.79. The first kappa shape index (κ1) is 35.3. The number of rotatable bonds is 6. The molecule has 59 heavy (non-hydrogen) atoms. The second-order valence-corrected chi connectivity index (χ2v) is 17.6. The van der Waals surface area contributed by atoms with Gasteiger partial charge in [-0.1, -0.05) is 149 Å². The maximum Gasteiger partial charge on any atom is 0.143 e. The number of fused-ring (bicyclic) bond motifs is 7. The lowest BCUT2D eigenvalue weighted by Gasteiger charge is -2.42. The van der Waals surface area contributed by atoms with E-state index in [4.69, 9.17) is 4.42 Å². The number of benzene rings is 8. The number of nitrogens with zero attached hydrogens (tertiary/aromatic N) is 2. The van der Waals surface area contributed by atoms with Crippen molar-refractivity contribution < 1.29 is 4.42 Å². The molecule has 286 valence electrons. The summed E-state index contributed by atoms with van der Waals surface area (Å²) in [6, 6.07) is 66.4. The molecule has 0 amide bonds. The Balaban J connectivity index is 1.08. The van der Waals surface area contributed by atoms with E-state index >= 15 is 0 Å². The third-order valence-corrected chi connectivity index (χ3v) is 13.1. The van der Waals surface area contributed by atoms with Crippen LogP contribution in [0.2, 0.25) is 0 Å². The van der Waals surface area contributed by atoms with Crippen molar-refractivity contribution in [1.82, 2.24) is 4.57 Å². The van der Waals surface area contributed by atoms with Gasteiger partial charge in [0.2, 0.25) is 0 Å². The molecule has 0 fully saturated rings. The van der Waals surface area contributed by atoms with Gasteiger partial charge in [0.1, 0.15) is 11.2 Å². The first-order chi connectivity index (χ1) is 28.7. The Morgan fingerprint density at radius 2 is 1.03 bits per heavy atom. The fourth-order valence-electron chi connectivity index (χ4n) is 9.74. The van der Waals surface area contributed by atoms with Gasteiger partial charge in [-0.05, 0) is 112 Å². The third-order valence-electron chi connectivity index (χ3n) is 13.1. The molecular weight excluding hydrogens is 717 g/mol. The second-order valence-electron chi connectivity index (χ2n) is 17.6. The summed E-state index contributed by atoms with van der Waals surface area (Å²) in [4.78, 5) is 2.39. The van der Waals surface area contributed by atoms with E-state index in [-0.39, 0.29) is 10.8 Å². The van der Waals surface area contributed by atoms with E-state index in [1.165, 1.54) is 62.6 Å². The van der Waals surface area contributed by atoms with Crippen LogP contribution in [0.1, 0.15) is 51.7 Å². The lowest BCUT2D eigenvalue weighted by atomic mass is 9.63. The van der Waals surface area contributed by atoms with Gasteiger partial charge in [-0.15, -0.1) is 0 Å². The van der Waals surface area contributed by atoms with Crippen LogP contribution in [0.25, 0.3) is 71.7 Å². The summed E-state index contributed by atoms with van der Waals surface area (Å²) in [7, 11) is 0. The molecule has 0 aliphatic heterocycles. The van der Waals surface area contributed by atoms with Crippen LogP contribution in [0.15, 0.2) is 186 Å². The number of furan rings is 1. The van der Waals surface area contributed by atoms with E-state index in [9.17, 15) is 0 Å². The molecule has 0 unspecified atom stereocenters. The molecule has 1 aliphatic carbocycles. The van der Waals surface area contributed by atoms with Crippen LogP contribution in [0.5, 0.6) is 0 Å². The summed E-state index contributed by atoms with van der Waals surface area (Å²) >= 11 is 0. The van der Waals surface area contributed by atoms with E-state index in [1.54, 1.807) is 0 Å². The number of para-hydroxylation sites is 3. The van der Waals surface area contributed by atoms with Gasteiger partial charge in [0.25, 0.3) is 0 Å².